The summed E-state index contributed by atoms with van der Waals surface area (Å²) in [7, 11) is 0. The zero-order valence-corrected chi connectivity index (χ0v) is 13.5. The smallest absolute Gasteiger partial charge is 0.300 e. The standard InChI is InChI=1S/C16H16N4O2S/c1-3-11-23-16-18-17-14-15(21)19(9-10-20(14)16)12-5-7-13(8-6-12)22-4-2/h3,5-10H,1,4,11H2,2H3. The van der Waals surface area contributed by atoms with Crippen molar-refractivity contribution < 1.29 is 4.74 Å². The highest BCUT2D eigenvalue weighted by atomic mass is 32.2. The van der Waals surface area contributed by atoms with E-state index in [4.69, 9.17) is 4.74 Å². The van der Waals surface area contributed by atoms with E-state index in [9.17, 15) is 4.79 Å². The van der Waals surface area contributed by atoms with E-state index in [1.807, 2.05) is 31.2 Å². The Morgan fingerprint density at radius 3 is 2.74 bits per heavy atom. The molecule has 0 bridgehead atoms. The van der Waals surface area contributed by atoms with Gasteiger partial charge in [0.25, 0.3) is 0 Å². The van der Waals surface area contributed by atoms with Crippen LogP contribution in [0.5, 0.6) is 5.75 Å². The topological polar surface area (TPSA) is 61.4 Å². The number of rotatable bonds is 6. The van der Waals surface area contributed by atoms with Crippen LogP contribution in [0.15, 0.2) is 59.3 Å². The molecule has 7 heteroatoms. The average molecular weight is 328 g/mol. The maximum absolute atomic E-state index is 12.6. The summed E-state index contributed by atoms with van der Waals surface area (Å²) < 4.78 is 8.65. The van der Waals surface area contributed by atoms with Gasteiger partial charge >= 0.3 is 5.56 Å². The number of hydrogen-bond acceptors (Lipinski definition) is 5. The van der Waals surface area contributed by atoms with Gasteiger partial charge in [0.2, 0.25) is 5.65 Å². The number of aromatic nitrogens is 4. The van der Waals surface area contributed by atoms with Crippen molar-refractivity contribution in [3.05, 3.63) is 59.7 Å². The Kier molecular flexibility index (Phi) is 4.47. The SMILES string of the molecule is C=CCSc1nnc2c(=O)n(-c3ccc(OCC)cc3)ccn12. The molecule has 3 rings (SSSR count). The largest absolute Gasteiger partial charge is 0.494 e. The first-order valence-corrected chi connectivity index (χ1v) is 8.16. The first kappa shape index (κ1) is 15.4. The van der Waals surface area contributed by atoms with Gasteiger partial charge in [0.05, 0.1) is 6.61 Å². The lowest BCUT2D eigenvalue weighted by Crippen LogP contribution is -2.20. The van der Waals surface area contributed by atoms with Crippen LogP contribution in [0, 0.1) is 0 Å². The number of ether oxygens (including phenoxy) is 1. The monoisotopic (exact) mass is 328 g/mol. The fraction of sp³-hybridized carbons (Fsp3) is 0.188. The predicted molar refractivity (Wildman–Crippen MR) is 90.7 cm³/mol. The van der Waals surface area contributed by atoms with Gasteiger partial charge in [-0.1, -0.05) is 17.8 Å². The van der Waals surface area contributed by atoms with Gasteiger partial charge in [-0.2, -0.15) is 0 Å². The third-order valence-corrected chi connectivity index (χ3v) is 4.13. The third-order valence-electron chi connectivity index (χ3n) is 3.20. The van der Waals surface area contributed by atoms with E-state index in [0.717, 1.165) is 11.4 Å². The number of benzene rings is 1. The molecule has 6 nitrogen and oxygen atoms in total. The van der Waals surface area contributed by atoms with Crippen LogP contribution in [0.1, 0.15) is 6.92 Å². The molecule has 0 saturated carbocycles. The van der Waals surface area contributed by atoms with Gasteiger partial charge in [-0.3, -0.25) is 13.8 Å². The molecule has 0 aliphatic rings. The Bertz CT molecular complexity index is 883. The maximum Gasteiger partial charge on any atom is 0.300 e. The molecule has 0 unspecified atom stereocenters. The number of fused-ring (bicyclic) bond motifs is 1. The van der Waals surface area contributed by atoms with Gasteiger partial charge in [0.1, 0.15) is 5.75 Å². The summed E-state index contributed by atoms with van der Waals surface area (Å²) >= 11 is 1.48. The van der Waals surface area contributed by atoms with Crippen molar-refractivity contribution in [1.29, 1.82) is 0 Å². The first-order valence-electron chi connectivity index (χ1n) is 7.18. The van der Waals surface area contributed by atoms with Crippen molar-refractivity contribution in [2.24, 2.45) is 0 Å². The highest BCUT2D eigenvalue weighted by molar-refractivity contribution is 7.99. The predicted octanol–water partition coefficient (Wildman–Crippen LogP) is 2.56. The number of nitrogens with zero attached hydrogens (tertiary/aromatic N) is 4. The summed E-state index contributed by atoms with van der Waals surface area (Å²) in [6, 6.07) is 7.36. The lowest BCUT2D eigenvalue weighted by atomic mass is 10.3. The molecule has 0 radical (unpaired) electrons. The van der Waals surface area contributed by atoms with Gasteiger partial charge in [0, 0.05) is 23.8 Å². The molecular weight excluding hydrogens is 312 g/mol. The highest BCUT2D eigenvalue weighted by Crippen LogP contribution is 2.17. The van der Waals surface area contributed by atoms with E-state index >= 15 is 0 Å². The minimum Gasteiger partial charge on any atom is -0.494 e. The van der Waals surface area contributed by atoms with E-state index in [-0.39, 0.29) is 5.56 Å². The van der Waals surface area contributed by atoms with Crippen molar-refractivity contribution in [3.8, 4) is 11.4 Å². The lowest BCUT2D eigenvalue weighted by molar-refractivity contribution is 0.340. The van der Waals surface area contributed by atoms with Crippen LogP contribution in [-0.4, -0.2) is 31.5 Å². The van der Waals surface area contributed by atoms with Gasteiger partial charge in [-0.25, -0.2) is 0 Å². The second-order valence-electron chi connectivity index (χ2n) is 4.68. The fourth-order valence-corrected chi connectivity index (χ4v) is 2.82. The number of thioether (sulfide) groups is 1. The highest BCUT2D eigenvalue weighted by Gasteiger charge is 2.11. The quantitative estimate of drug-likeness (QED) is 0.514. The lowest BCUT2D eigenvalue weighted by Gasteiger charge is -2.08. The molecule has 118 valence electrons. The van der Waals surface area contributed by atoms with Crippen LogP contribution in [0.4, 0.5) is 0 Å². The van der Waals surface area contributed by atoms with Gasteiger partial charge < -0.3 is 4.74 Å². The van der Waals surface area contributed by atoms with Crippen molar-refractivity contribution >= 4 is 17.4 Å². The van der Waals surface area contributed by atoms with E-state index in [1.54, 1.807) is 27.4 Å². The normalized spacial score (nSPS) is 10.8. The van der Waals surface area contributed by atoms with E-state index in [0.29, 0.717) is 23.2 Å². The molecule has 2 heterocycles. The summed E-state index contributed by atoms with van der Waals surface area (Å²) in [5.41, 5.74) is 0.840. The molecule has 0 N–H and O–H groups in total. The van der Waals surface area contributed by atoms with Crippen molar-refractivity contribution in [1.82, 2.24) is 19.2 Å². The van der Waals surface area contributed by atoms with Crippen molar-refractivity contribution in [3.63, 3.8) is 0 Å². The summed E-state index contributed by atoms with van der Waals surface area (Å²) in [6.07, 6.45) is 5.29. The third kappa shape index (κ3) is 3.00. The average Bonchev–Trinajstić information content (AvgIpc) is 2.98. The molecule has 0 aliphatic heterocycles. The fourth-order valence-electron chi connectivity index (χ4n) is 2.17. The molecule has 0 aliphatic carbocycles. The van der Waals surface area contributed by atoms with E-state index in [2.05, 4.69) is 16.8 Å². The Hall–Kier alpha value is -2.54. The molecule has 23 heavy (non-hydrogen) atoms. The zero-order valence-electron chi connectivity index (χ0n) is 12.7. The van der Waals surface area contributed by atoms with Gasteiger partial charge in [-0.15, -0.1) is 16.8 Å². The summed E-state index contributed by atoms with van der Waals surface area (Å²) in [5, 5.41) is 8.74. The second kappa shape index (κ2) is 6.70. The second-order valence-corrected chi connectivity index (χ2v) is 5.66. The molecular formula is C16H16N4O2S. The van der Waals surface area contributed by atoms with E-state index in [1.165, 1.54) is 11.8 Å². The van der Waals surface area contributed by atoms with Crippen molar-refractivity contribution in [2.75, 3.05) is 12.4 Å². The Labute approximate surface area is 137 Å². The van der Waals surface area contributed by atoms with E-state index < -0.39 is 0 Å². The molecule has 0 spiro atoms. The Morgan fingerprint density at radius 2 is 2.04 bits per heavy atom. The minimum absolute atomic E-state index is 0.213. The maximum atomic E-state index is 12.6. The van der Waals surface area contributed by atoms with Crippen LogP contribution < -0.4 is 10.3 Å². The molecule has 0 saturated heterocycles. The molecule has 0 fully saturated rings. The first-order chi connectivity index (χ1) is 11.2. The van der Waals surface area contributed by atoms with Crippen LogP contribution >= 0.6 is 11.8 Å². The summed E-state index contributed by atoms with van der Waals surface area (Å²) in [4.78, 5) is 12.6. The van der Waals surface area contributed by atoms with Gasteiger partial charge in [0.15, 0.2) is 5.16 Å². The summed E-state index contributed by atoms with van der Waals surface area (Å²) in [6.45, 7) is 6.21. The van der Waals surface area contributed by atoms with Crippen molar-refractivity contribution in [2.45, 2.75) is 12.1 Å². The zero-order chi connectivity index (χ0) is 16.2. The molecule has 0 amide bonds. The molecule has 2 aromatic heterocycles. The molecule has 0 atom stereocenters. The molecule has 3 aromatic rings. The molecule has 1 aromatic carbocycles. The Morgan fingerprint density at radius 1 is 1.26 bits per heavy atom. The minimum atomic E-state index is -0.213. The Balaban J connectivity index is 2.00. The van der Waals surface area contributed by atoms with Crippen LogP contribution in [-0.2, 0) is 0 Å². The van der Waals surface area contributed by atoms with Crippen LogP contribution in [0.2, 0.25) is 0 Å². The number of hydrogen-bond donors (Lipinski definition) is 0. The summed E-state index contributed by atoms with van der Waals surface area (Å²) in [5.74, 6) is 1.49. The van der Waals surface area contributed by atoms with Gasteiger partial charge in [-0.05, 0) is 31.2 Å². The van der Waals surface area contributed by atoms with Crippen LogP contribution in [0.3, 0.4) is 0 Å². The van der Waals surface area contributed by atoms with Crippen LogP contribution in [0.25, 0.3) is 11.3 Å².